The number of ketones is 1. The molecule has 0 aliphatic carbocycles. The number of carbonyl (C=O) groups is 3. The Balaban J connectivity index is 1.66. The van der Waals surface area contributed by atoms with Gasteiger partial charge in [-0.15, -0.1) is 0 Å². The third kappa shape index (κ3) is 3.01. The van der Waals surface area contributed by atoms with Crippen molar-refractivity contribution in [2.75, 3.05) is 4.90 Å². The first-order chi connectivity index (χ1) is 15.6. The van der Waals surface area contributed by atoms with E-state index in [2.05, 4.69) is 0 Å². The van der Waals surface area contributed by atoms with Crippen LogP contribution in [0, 0.1) is 27.4 Å². The van der Waals surface area contributed by atoms with Crippen molar-refractivity contribution in [1.82, 2.24) is 4.90 Å². The summed E-state index contributed by atoms with van der Waals surface area (Å²) >= 11 is 0. The first kappa shape index (κ1) is 21.1. The summed E-state index contributed by atoms with van der Waals surface area (Å²) in [6, 6.07) is 11.9. The molecule has 8 heteroatoms. The summed E-state index contributed by atoms with van der Waals surface area (Å²) in [4.78, 5) is 54.6. The topological polar surface area (TPSA) is 101 Å². The molecule has 2 aromatic rings. The fourth-order valence-corrected chi connectivity index (χ4v) is 5.30. The summed E-state index contributed by atoms with van der Waals surface area (Å²) < 4.78 is 0. The summed E-state index contributed by atoms with van der Waals surface area (Å²) in [5.74, 6) is -2.68. The predicted molar refractivity (Wildman–Crippen MR) is 121 cm³/mol. The van der Waals surface area contributed by atoms with E-state index in [1.54, 1.807) is 20.8 Å². The van der Waals surface area contributed by atoms with E-state index in [9.17, 15) is 24.5 Å². The highest BCUT2D eigenvalue weighted by Gasteiger charge is 2.65. The van der Waals surface area contributed by atoms with Crippen LogP contribution in [0.5, 0.6) is 0 Å². The number of rotatable bonds is 3. The zero-order valence-corrected chi connectivity index (χ0v) is 18.5. The predicted octanol–water partition coefficient (Wildman–Crippen LogP) is 3.73. The molecule has 2 fully saturated rings. The Morgan fingerprint density at radius 3 is 2.39 bits per heavy atom. The van der Waals surface area contributed by atoms with Crippen LogP contribution in [0.25, 0.3) is 6.08 Å². The average molecular weight is 445 g/mol. The van der Waals surface area contributed by atoms with Gasteiger partial charge in [-0.25, -0.2) is 4.90 Å². The Labute approximate surface area is 190 Å². The molecular weight excluding hydrogens is 422 g/mol. The van der Waals surface area contributed by atoms with E-state index in [0.29, 0.717) is 0 Å². The number of hydrogen-bond acceptors (Lipinski definition) is 6. The Hall–Kier alpha value is -3.81. The van der Waals surface area contributed by atoms with Gasteiger partial charge >= 0.3 is 0 Å². The fraction of sp³-hybridized carbons (Fsp3) is 0.320. The molecule has 3 aliphatic heterocycles. The Morgan fingerprint density at radius 1 is 1.00 bits per heavy atom. The summed E-state index contributed by atoms with van der Waals surface area (Å²) in [6.07, 6.45) is 3.72. The molecule has 3 aliphatic rings. The lowest BCUT2D eigenvalue weighted by molar-refractivity contribution is -0.384. The van der Waals surface area contributed by atoms with Gasteiger partial charge in [0.25, 0.3) is 5.69 Å². The molecular formula is C25H23N3O5. The molecule has 8 nitrogen and oxygen atoms in total. The molecule has 0 aromatic heterocycles. The number of hydrogen-bond donors (Lipinski definition) is 0. The lowest BCUT2D eigenvalue weighted by Gasteiger charge is -2.37. The minimum absolute atomic E-state index is 0.119. The van der Waals surface area contributed by atoms with E-state index < -0.39 is 46.1 Å². The van der Waals surface area contributed by atoms with Crippen LogP contribution in [0.2, 0.25) is 0 Å². The van der Waals surface area contributed by atoms with E-state index in [-0.39, 0.29) is 17.2 Å². The minimum atomic E-state index is -0.871. The third-order valence-corrected chi connectivity index (χ3v) is 6.77. The van der Waals surface area contributed by atoms with Crippen LogP contribution in [0.4, 0.5) is 11.4 Å². The zero-order valence-electron chi connectivity index (χ0n) is 18.5. The van der Waals surface area contributed by atoms with Crippen molar-refractivity contribution in [1.29, 1.82) is 0 Å². The molecule has 3 heterocycles. The normalized spacial score (nSPS) is 25.7. The van der Waals surface area contributed by atoms with E-state index >= 15 is 0 Å². The van der Waals surface area contributed by atoms with Crippen molar-refractivity contribution < 1.29 is 19.3 Å². The highest BCUT2D eigenvalue weighted by Crippen LogP contribution is 2.54. The highest BCUT2D eigenvalue weighted by atomic mass is 16.6. The van der Waals surface area contributed by atoms with Crippen molar-refractivity contribution in [2.45, 2.75) is 32.9 Å². The van der Waals surface area contributed by atoms with Gasteiger partial charge in [0.2, 0.25) is 11.8 Å². The second-order valence-electron chi connectivity index (χ2n) is 9.74. The molecule has 5 rings (SSSR count). The number of anilines is 1. The van der Waals surface area contributed by atoms with Gasteiger partial charge in [-0.2, -0.15) is 0 Å². The highest BCUT2D eigenvalue weighted by molar-refractivity contribution is 6.24. The molecule has 2 saturated heterocycles. The van der Waals surface area contributed by atoms with E-state index in [4.69, 9.17) is 0 Å². The van der Waals surface area contributed by atoms with Gasteiger partial charge in [-0.1, -0.05) is 51.1 Å². The molecule has 0 unspecified atom stereocenters. The number of nitro groups is 1. The lowest BCUT2D eigenvalue weighted by Crippen LogP contribution is -2.47. The first-order valence-electron chi connectivity index (χ1n) is 10.8. The van der Waals surface area contributed by atoms with Gasteiger partial charge < -0.3 is 4.90 Å². The van der Waals surface area contributed by atoms with Crippen LogP contribution in [-0.2, 0) is 14.4 Å². The zero-order chi connectivity index (χ0) is 23.7. The molecule has 0 radical (unpaired) electrons. The van der Waals surface area contributed by atoms with Crippen LogP contribution in [-0.4, -0.2) is 33.5 Å². The van der Waals surface area contributed by atoms with Crippen LogP contribution in [0.15, 0.2) is 54.7 Å². The second kappa shape index (κ2) is 7.10. The molecule has 0 spiro atoms. The number of Topliss-reactive ketones (excluding diaryl/α,β-unsaturated/α-hetero) is 1. The number of nitrogens with zero attached hydrogens (tertiary/aromatic N) is 3. The molecule has 2 amide bonds. The molecule has 2 aromatic carbocycles. The maximum absolute atomic E-state index is 13.7. The van der Waals surface area contributed by atoms with E-state index in [1.807, 2.05) is 41.4 Å². The van der Waals surface area contributed by atoms with Crippen molar-refractivity contribution in [3.63, 3.8) is 0 Å². The number of non-ortho nitro benzene ring substituents is 1. The molecule has 0 bridgehead atoms. The van der Waals surface area contributed by atoms with Crippen LogP contribution in [0.1, 0.15) is 37.9 Å². The van der Waals surface area contributed by atoms with Gasteiger partial charge in [0, 0.05) is 23.7 Å². The first-order valence-corrected chi connectivity index (χ1v) is 10.8. The molecule has 0 N–H and O–H groups in total. The molecule has 4 atom stereocenters. The third-order valence-electron chi connectivity index (χ3n) is 6.77. The van der Waals surface area contributed by atoms with Crippen LogP contribution >= 0.6 is 0 Å². The SMILES string of the molecule is CC(C)(C)C(=O)[C@H]1[C@H]2C(=O)N(c3cccc([N+](=O)[O-])c3)C(=O)[C@@H]2[C@H]2c3ccccc3C=CN21. The molecule has 168 valence electrons. The van der Waals surface area contributed by atoms with Gasteiger partial charge in [0.1, 0.15) is 6.04 Å². The standard InChI is InChI=1S/C25H23N3O5/c1-25(2,3)22(29)21-19-18(20-17-10-5-4-7-14(17)11-12-26(20)21)23(30)27(24(19)31)15-8-6-9-16(13-15)28(32)33/h4-13,18-21H,1-3H3/t18-,19-,20+,21+/m0/s1. The number of imide groups is 1. The number of carbonyl (C=O) groups excluding carboxylic acids is 3. The summed E-state index contributed by atoms with van der Waals surface area (Å²) in [7, 11) is 0. The van der Waals surface area contributed by atoms with Crippen molar-refractivity contribution >= 4 is 35.0 Å². The van der Waals surface area contributed by atoms with Gasteiger partial charge in [0.05, 0.1) is 28.5 Å². The maximum atomic E-state index is 13.7. The van der Waals surface area contributed by atoms with E-state index in [1.165, 1.54) is 24.3 Å². The minimum Gasteiger partial charge on any atom is -0.359 e. The Bertz CT molecular complexity index is 1240. The summed E-state index contributed by atoms with van der Waals surface area (Å²) in [6.45, 7) is 5.41. The fourth-order valence-electron chi connectivity index (χ4n) is 5.30. The second-order valence-corrected chi connectivity index (χ2v) is 9.74. The maximum Gasteiger partial charge on any atom is 0.271 e. The van der Waals surface area contributed by atoms with Crippen molar-refractivity contribution in [3.8, 4) is 0 Å². The smallest absolute Gasteiger partial charge is 0.271 e. The van der Waals surface area contributed by atoms with Gasteiger partial charge in [0.15, 0.2) is 5.78 Å². The van der Waals surface area contributed by atoms with E-state index in [0.717, 1.165) is 16.0 Å². The van der Waals surface area contributed by atoms with Gasteiger partial charge in [-0.3, -0.25) is 24.5 Å². The Kier molecular flexibility index (Phi) is 4.53. The molecule has 0 saturated carbocycles. The number of nitro benzene ring substituents is 1. The molecule has 33 heavy (non-hydrogen) atoms. The van der Waals surface area contributed by atoms with Crippen molar-refractivity contribution in [3.05, 3.63) is 76.0 Å². The largest absolute Gasteiger partial charge is 0.359 e. The Morgan fingerprint density at radius 2 is 1.70 bits per heavy atom. The van der Waals surface area contributed by atoms with Crippen molar-refractivity contribution in [2.24, 2.45) is 17.3 Å². The average Bonchev–Trinajstić information content (AvgIpc) is 3.25. The number of amides is 2. The monoisotopic (exact) mass is 445 g/mol. The van der Waals surface area contributed by atoms with Crippen LogP contribution in [0.3, 0.4) is 0 Å². The number of benzene rings is 2. The quantitative estimate of drug-likeness (QED) is 0.405. The lowest BCUT2D eigenvalue weighted by atomic mass is 9.79. The van der Waals surface area contributed by atoms with Crippen LogP contribution < -0.4 is 4.90 Å². The summed E-state index contributed by atoms with van der Waals surface area (Å²) in [5.41, 5.74) is 1.05. The van der Waals surface area contributed by atoms with Gasteiger partial charge in [-0.05, 0) is 23.3 Å². The summed E-state index contributed by atoms with van der Waals surface area (Å²) in [5, 5.41) is 11.3. The number of fused-ring (bicyclic) bond motifs is 5.